The van der Waals surface area contributed by atoms with E-state index in [2.05, 4.69) is 27.7 Å². The zero-order valence-corrected chi connectivity index (χ0v) is 11.9. The van der Waals surface area contributed by atoms with Crippen LogP contribution in [0, 0.1) is 28.1 Å². The summed E-state index contributed by atoms with van der Waals surface area (Å²) >= 11 is 0. The van der Waals surface area contributed by atoms with Crippen LogP contribution in [0.1, 0.15) is 66.2 Å². The predicted molar refractivity (Wildman–Crippen MR) is 70.7 cm³/mol. The first-order chi connectivity index (χ1) is 7.76. The van der Waals surface area contributed by atoms with Gasteiger partial charge in [0.15, 0.2) is 0 Å². The largest absolute Gasteiger partial charge is 0.392 e. The van der Waals surface area contributed by atoms with Gasteiger partial charge in [0, 0.05) is 0 Å². The highest BCUT2D eigenvalue weighted by atomic mass is 16.3. The molecule has 0 aromatic heterocycles. The van der Waals surface area contributed by atoms with E-state index in [1.807, 2.05) is 0 Å². The monoisotopic (exact) mass is 236 g/mol. The molecule has 0 spiro atoms. The molecule has 4 aliphatic carbocycles. The van der Waals surface area contributed by atoms with Crippen molar-refractivity contribution >= 4 is 0 Å². The molecule has 4 aliphatic rings. The summed E-state index contributed by atoms with van der Waals surface area (Å²) in [6.45, 7) is 9.34. The van der Waals surface area contributed by atoms with Crippen molar-refractivity contribution < 1.29 is 5.11 Å². The van der Waals surface area contributed by atoms with Crippen molar-refractivity contribution in [3.8, 4) is 0 Å². The van der Waals surface area contributed by atoms with Crippen LogP contribution < -0.4 is 0 Å². The SMILES string of the molecule is CC(C)C(O)C12CC3CC(C)(CC(C)(C3)C1)C2. The van der Waals surface area contributed by atoms with Crippen LogP contribution >= 0.6 is 0 Å². The van der Waals surface area contributed by atoms with E-state index >= 15 is 0 Å². The molecule has 0 amide bonds. The molecule has 3 unspecified atom stereocenters. The van der Waals surface area contributed by atoms with Gasteiger partial charge in [-0.2, -0.15) is 0 Å². The highest BCUT2D eigenvalue weighted by Gasteiger charge is 2.62. The number of hydrogen-bond donors (Lipinski definition) is 1. The standard InChI is InChI=1S/C16H28O/c1-11(2)13(17)16-7-12-5-14(3,9-16)8-15(4,6-12)10-16/h11-13,17H,5-10H2,1-4H3. The van der Waals surface area contributed by atoms with Gasteiger partial charge in [-0.1, -0.05) is 27.7 Å². The second kappa shape index (κ2) is 3.29. The summed E-state index contributed by atoms with van der Waals surface area (Å²) in [7, 11) is 0. The summed E-state index contributed by atoms with van der Waals surface area (Å²) in [6, 6.07) is 0. The first-order valence-corrected chi connectivity index (χ1v) is 7.44. The lowest BCUT2D eigenvalue weighted by Gasteiger charge is -2.67. The van der Waals surface area contributed by atoms with Crippen LogP contribution in [0.25, 0.3) is 0 Å². The molecule has 1 N–H and O–H groups in total. The van der Waals surface area contributed by atoms with Crippen molar-refractivity contribution in [3.05, 3.63) is 0 Å². The van der Waals surface area contributed by atoms with Crippen molar-refractivity contribution in [1.82, 2.24) is 0 Å². The lowest BCUT2D eigenvalue weighted by molar-refractivity contribution is -0.193. The third-order valence-electron chi connectivity index (χ3n) is 5.93. The average Bonchev–Trinajstić information content (AvgIpc) is 2.10. The molecule has 3 atom stereocenters. The molecule has 0 radical (unpaired) electrons. The molecule has 4 rings (SSSR count). The molecule has 0 aromatic carbocycles. The summed E-state index contributed by atoms with van der Waals surface area (Å²) in [5.74, 6) is 1.31. The smallest absolute Gasteiger partial charge is 0.0619 e. The average molecular weight is 236 g/mol. The van der Waals surface area contributed by atoms with Crippen LogP contribution in [0.3, 0.4) is 0 Å². The number of aliphatic hydroxyl groups excluding tert-OH is 1. The molecule has 0 aliphatic heterocycles. The van der Waals surface area contributed by atoms with Crippen LogP contribution in [0.2, 0.25) is 0 Å². The topological polar surface area (TPSA) is 20.2 Å². The van der Waals surface area contributed by atoms with Gasteiger partial charge < -0.3 is 5.11 Å². The molecule has 4 bridgehead atoms. The van der Waals surface area contributed by atoms with Crippen molar-refractivity contribution in [2.24, 2.45) is 28.1 Å². The van der Waals surface area contributed by atoms with E-state index in [-0.39, 0.29) is 11.5 Å². The molecular weight excluding hydrogens is 208 g/mol. The van der Waals surface area contributed by atoms with Crippen molar-refractivity contribution in [1.29, 1.82) is 0 Å². The fourth-order valence-electron chi connectivity index (χ4n) is 6.57. The van der Waals surface area contributed by atoms with Crippen LogP contribution in [-0.2, 0) is 0 Å². The van der Waals surface area contributed by atoms with Gasteiger partial charge in [-0.3, -0.25) is 0 Å². The molecule has 1 nitrogen and oxygen atoms in total. The van der Waals surface area contributed by atoms with Crippen LogP contribution in [0.5, 0.6) is 0 Å². The van der Waals surface area contributed by atoms with Crippen molar-refractivity contribution in [3.63, 3.8) is 0 Å². The quantitative estimate of drug-likeness (QED) is 0.768. The first-order valence-electron chi connectivity index (χ1n) is 7.44. The maximum atomic E-state index is 10.7. The minimum absolute atomic E-state index is 0.0791. The van der Waals surface area contributed by atoms with E-state index in [1.54, 1.807) is 0 Å². The first kappa shape index (κ1) is 12.0. The lowest BCUT2D eigenvalue weighted by atomic mass is 9.39. The van der Waals surface area contributed by atoms with E-state index in [0.717, 1.165) is 5.92 Å². The summed E-state index contributed by atoms with van der Waals surface area (Å²) in [6.07, 6.45) is 8.05. The minimum atomic E-state index is -0.0791. The second-order valence-corrected chi connectivity index (χ2v) is 8.68. The Morgan fingerprint density at radius 3 is 1.88 bits per heavy atom. The Bertz CT molecular complexity index is 314. The van der Waals surface area contributed by atoms with E-state index in [4.69, 9.17) is 0 Å². The molecule has 4 fully saturated rings. The third kappa shape index (κ3) is 1.69. The Labute approximate surface area is 106 Å². The van der Waals surface area contributed by atoms with Gasteiger partial charge in [-0.25, -0.2) is 0 Å². The molecule has 0 heterocycles. The van der Waals surface area contributed by atoms with E-state index in [1.165, 1.54) is 38.5 Å². The molecule has 17 heavy (non-hydrogen) atoms. The van der Waals surface area contributed by atoms with Gasteiger partial charge in [-0.15, -0.1) is 0 Å². The van der Waals surface area contributed by atoms with Crippen molar-refractivity contribution in [2.75, 3.05) is 0 Å². The Balaban J connectivity index is 1.97. The highest BCUT2D eigenvalue weighted by Crippen LogP contribution is 2.70. The Kier molecular flexibility index (Phi) is 2.32. The van der Waals surface area contributed by atoms with Crippen LogP contribution in [0.15, 0.2) is 0 Å². The molecule has 0 aromatic rings. The maximum absolute atomic E-state index is 10.7. The number of aliphatic hydroxyl groups is 1. The van der Waals surface area contributed by atoms with Crippen LogP contribution in [0.4, 0.5) is 0 Å². The Hall–Kier alpha value is -0.0400. The van der Waals surface area contributed by atoms with Gasteiger partial charge in [0.2, 0.25) is 0 Å². The van der Waals surface area contributed by atoms with E-state index in [0.29, 0.717) is 16.7 Å². The summed E-state index contributed by atoms with van der Waals surface area (Å²) in [4.78, 5) is 0. The second-order valence-electron chi connectivity index (χ2n) is 8.68. The zero-order chi connectivity index (χ0) is 12.5. The molecular formula is C16H28O. The Morgan fingerprint density at radius 2 is 1.47 bits per heavy atom. The van der Waals surface area contributed by atoms with Gasteiger partial charge in [0.25, 0.3) is 0 Å². The zero-order valence-electron chi connectivity index (χ0n) is 11.9. The Morgan fingerprint density at radius 1 is 0.941 bits per heavy atom. The van der Waals surface area contributed by atoms with Gasteiger partial charge >= 0.3 is 0 Å². The van der Waals surface area contributed by atoms with E-state index in [9.17, 15) is 5.11 Å². The normalized spacial score (nSPS) is 54.4. The van der Waals surface area contributed by atoms with Gasteiger partial charge in [-0.05, 0) is 66.6 Å². The number of hydrogen-bond acceptors (Lipinski definition) is 1. The van der Waals surface area contributed by atoms with Gasteiger partial charge in [0.1, 0.15) is 0 Å². The fourth-order valence-corrected chi connectivity index (χ4v) is 6.57. The number of rotatable bonds is 2. The summed E-state index contributed by atoms with van der Waals surface area (Å²) in [5, 5.41) is 10.7. The lowest BCUT2D eigenvalue weighted by Crippen LogP contribution is -2.59. The predicted octanol–water partition coefficient (Wildman–Crippen LogP) is 4.00. The summed E-state index contributed by atoms with van der Waals surface area (Å²) in [5.41, 5.74) is 1.32. The third-order valence-corrected chi connectivity index (χ3v) is 5.93. The maximum Gasteiger partial charge on any atom is 0.0619 e. The molecule has 1 heteroatoms. The van der Waals surface area contributed by atoms with E-state index < -0.39 is 0 Å². The van der Waals surface area contributed by atoms with Gasteiger partial charge in [0.05, 0.1) is 6.10 Å². The molecule has 0 saturated heterocycles. The molecule has 4 saturated carbocycles. The fraction of sp³-hybridized carbons (Fsp3) is 1.00. The highest BCUT2D eigenvalue weighted by molar-refractivity contribution is 5.12. The molecule has 98 valence electrons. The van der Waals surface area contributed by atoms with Crippen LogP contribution in [-0.4, -0.2) is 11.2 Å². The summed E-state index contributed by atoms with van der Waals surface area (Å²) < 4.78 is 0. The minimum Gasteiger partial charge on any atom is -0.392 e. The van der Waals surface area contributed by atoms with Crippen molar-refractivity contribution in [2.45, 2.75) is 72.3 Å².